The van der Waals surface area contributed by atoms with Gasteiger partial charge in [-0.3, -0.25) is 0 Å². The van der Waals surface area contributed by atoms with Gasteiger partial charge < -0.3 is 19.9 Å². The number of hydrogen-bond acceptors (Lipinski definition) is 5. The van der Waals surface area contributed by atoms with Crippen molar-refractivity contribution in [3.05, 3.63) is 29.8 Å². The topological polar surface area (TPSA) is 53.7 Å². The summed E-state index contributed by atoms with van der Waals surface area (Å²) >= 11 is 1.89. The molecule has 0 bridgehead atoms. The van der Waals surface area contributed by atoms with E-state index < -0.39 is 0 Å². The van der Waals surface area contributed by atoms with E-state index in [-0.39, 0.29) is 12.1 Å². The van der Waals surface area contributed by atoms with E-state index in [1.165, 1.54) is 0 Å². The van der Waals surface area contributed by atoms with Crippen LogP contribution in [0.4, 0.5) is 0 Å². The molecule has 1 fully saturated rings. The fraction of sp³-hybridized carbons (Fsp3) is 0.571. The molecule has 19 heavy (non-hydrogen) atoms. The summed E-state index contributed by atoms with van der Waals surface area (Å²) in [4.78, 5) is 0. The van der Waals surface area contributed by atoms with Crippen molar-refractivity contribution in [3.63, 3.8) is 0 Å². The predicted octanol–water partition coefficient (Wildman–Crippen LogP) is 1.84. The maximum atomic E-state index is 6.33. The molecule has 0 saturated carbocycles. The average Bonchev–Trinajstić information content (AvgIpc) is 2.48. The Kier molecular flexibility index (Phi) is 5.97. The van der Waals surface area contributed by atoms with Crippen LogP contribution in [0.3, 0.4) is 0 Å². The van der Waals surface area contributed by atoms with Gasteiger partial charge in [-0.25, -0.2) is 0 Å². The first kappa shape index (κ1) is 14.7. The summed E-state index contributed by atoms with van der Waals surface area (Å²) < 4.78 is 16.5. The normalized spacial score (nSPS) is 21.1. The summed E-state index contributed by atoms with van der Waals surface area (Å²) in [5, 5.41) is 0. The Morgan fingerprint density at radius 2 is 2.26 bits per heavy atom. The SMILES string of the molecule is COCCOc1ccccc1C(N)C1CSCCO1. The Morgan fingerprint density at radius 3 is 3.00 bits per heavy atom. The van der Waals surface area contributed by atoms with Crippen molar-refractivity contribution in [2.45, 2.75) is 12.1 Å². The van der Waals surface area contributed by atoms with Gasteiger partial charge in [0.1, 0.15) is 12.4 Å². The highest BCUT2D eigenvalue weighted by atomic mass is 32.2. The van der Waals surface area contributed by atoms with Crippen LogP contribution in [0.5, 0.6) is 5.75 Å². The lowest BCUT2D eigenvalue weighted by Gasteiger charge is -2.28. The van der Waals surface area contributed by atoms with Crippen LogP contribution in [0, 0.1) is 0 Å². The van der Waals surface area contributed by atoms with Gasteiger partial charge in [0, 0.05) is 24.2 Å². The lowest BCUT2D eigenvalue weighted by atomic mass is 10.0. The van der Waals surface area contributed by atoms with Gasteiger partial charge in [0.05, 0.1) is 25.4 Å². The lowest BCUT2D eigenvalue weighted by molar-refractivity contribution is 0.0559. The monoisotopic (exact) mass is 283 g/mol. The molecule has 2 unspecified atom stereocenters. The van der Waals surface area contributed by atoms with Crippen LogP contribution < -0.4 is 10.5 Å². The Morgan fingerprint density at radius 1 is 1.42 bits per heavy atom. The fourth-order valence-electron chi connectivity index (χ4n) is 2.04. The molecule has 5 heteroatoms. The highest BCUT2D eigenvalue weighted by Crippen LogP contribution is 2.29. The molecule has 2 rings (SSSR count). The van der Waals surface area contributed by atoms with Gasteiger partial charge in [-0.2, -0.15) is 11.8 Å². The third-order valence-electron chi connectivity index (χ3n) is 3.07. The van der Waals surface area contributed by atoms with Crippen molar-refractivity contribution >= 4 is 11.8 Å². The van der Waals surface area contributed by atoms with Crippen molar-refractivity contribution in [3.8, 4) is 5.75 Å². The molecule has 0 aromatic heterocycles. The van der Waals surface area contributed by atoms with E-state index in [1.54, 1.807) is 7.11 Å². The van der Waals surface area contributed by atoms with Crippen LogP contribution in [-0.4, -0.2) is 44.5 Å². The highest BCUT2D eigenvalue weighted by Gasteiger charge is 2.25. The second-order valence-electron chi connectivity index (χ2n) is 4.39. The zero-order valence-corrected chi connectivity index (χ0v) is 12.0. The number of hydrogen-bond donors (Lipinski definition) is 1. The summed E-state index contributed by atoms with van der Waals surface area (Å²) in [7, 11) is 1.66. The molecular formula is C14H21NO3S. The number of benzene rings is 1. The molecule has 0 aliphatic carbocycles. The Bertz CT molecular complexity index is 383. The number of nitrogens with two attached hydrogens (primary N) is 1. The summed E-state index contributed by atoms with van der Waals surface area (Å²) in [5.74, 6) is 2.81. The minimum Gasteiger partial charge on any atom is -0.491 e. The maximum absolute atomic E-state index is 6.33. The first-order valence-corrected chi connectivity index (χ1v) is 7.64. The molecule has 2 N–H and O–H groups in total. The Hall–Kier alpha value is -0.750. The van der Waals surface area contributed by atoms with Gasteiger partial charge >= 0.3 is 0 Å². The van der Waals surface area contributed by atoms with Crippen molar-refractivity contribution < 1.29 is 14.2 Å². The molecule has 1 saturated heterocycles. The molecule has 0 spiro atoms. The zero-order valence-electron chi connectivity index (χ0n) is 11.2. The second kappa shape index (κ2) is 7.75. The fourth-order valence-corrected chi connectivity index (χ4v) is 2.95. The van der Waals surface area contributed by atoms with E-state index in [1.807, 2.05) is 36.0 Å². The number of para-hydroxylation sites is 1. The summed E-state index contributed by atoms with van der Waals surface area (Å²) in [6.45, 7) is 1.87. The lowest BCUT2D eigenvalue weighted by Crippen LogP contribution is -2.34. The molecule has 1 aromatic rings. The van der Waals surface area contributed by atoms with E-state index in [4.69, 9.17) is 19.9 Å². The van der Waals surface area contributed by atoms with E-state index in [2.05, 4.69) is 0 Å². The molecular weight excluding hydrogens is 262 g/mol. The van der Waals surface area contributed by atoms with Crippen LogP contribution in [0.2, 0.25) is 0 Å². The summed E-state index contributed by atoms with van der Waals surface area (Å²) in [5.41, 5.74) is 7.33. The van der Waals surface area contributed by atoms with E-state index in [9.17, 15) is 0 Å². The number of thioether (sulfide) groups is 1. The van der Waals surface area contributed by atoms with Crippen molar-refractivity contribution in [2.24, 2.45) is 5.73 Å². The Labute approximate surface area is 118 Å². The third-order valence-corrected chi connectivity index (χ3v) is 4.08. The molecule has 0 radical (unpaired) electrons. The van der Waals surface area contributed by atoms with Crippen LogP contribution in [0.1, 0.15) is 11.6 Å². The van der Waals surface area contributed by atoms with Gasteiger partial charge in [0.15, 0.2) is 0 Å². The van der Waals surface area contributed by atoms with Gasteiger partial charge in [0.2, 0.25) is 0 Å². The summed E-state index contributed by atoms with van der Waals surface area (Å²) in [6, 6.07) is 7.74. The minimum absolute atomic E-state index is 0.0610. The Balaban J connectivity index is 2.04. The average molecular weight is 283 g/mol. The van der Waals surface area contributed by atoms with E-state index >= 15 is 0 Å². The summed E-state index contributed by atoms with van der Waals surface area (Å²) in [6.07, 6.45) is 0.0610. The predicted molar refractivity (Wildman–Crippen MR) is 77.8 cm³/mol. The zero-order chi connectivity index (χ0) is 13.5. The molecule has 106 valence electrons. The van der Waals surface area contributed by atoms with Crippen LogP contribution in [0.25, 0.3) is 0 Å². The van der Waals surface area contributed by atoms with Crippen LogP contribution >= 0.6 is 11.8 Å². The minimum atomic E-state index is -0.147. The van der Waals surface area contributed by atoms with Crippen molar-refractivity contribution in [1.29, 1.82) is 0 Å². The largest absolute Gasteiger partial charge is 0.491 e. The first-order chi connectivity index (χ1) is 9.33. The smallest absolute Gasteiger partial charge is 0.124 e. The quantitative estimate of drug-likeness (QED) is 0.807. The van der Waals surface area contributed by atoms with Gasteiger partial charge in [-0.15, -0.1) is 0 Å². The molecule has 1 aliphatic rings. The molecule has 2 atom stereocenters. The van der Waals surface area contributed by atoms with Crippen molar-refractivity contribution in [2.75, 3.05) is 38.4 Å². The van der Waals surface area contributed by atoms with Crippen LogP contribution in [-0.2, 0) is 9.47 Å². The standard InChI is InChI=1S/C14H21NO3S/c1-16-6-7-17-12-5-3-2-4-11(12)14(15)13-10-19-9-8-18-13/h2-5,13-14H,6-10,15H2,1H3. The maximum Gasteiger partial charge on any atom is 0.124 e. The molecule has 1 aliphatic heterocycles. The van der Waals surface area contributed by atoms with Gasteiger partial charge in [-0.05, 0) is 6.07 Å². The van der Waals surface area contributed by atoms with E-state index in [0.717, 1.165) is 29.4 Å². The van der Waals surface area contributed by atoms with Crippen molar-refractivity contribution in [1.82, 2.24) is 0 Å². The highest BCUT2D eigenvalue weighted by molar-refractivity contribution is 7.99. The molecule has 1 heterocycles. The first-order valence-electron chi connectivity index (χ1n) is 6.48. The second-order valence-corrected chi connectivity index (χ2v) is 5.54. The van der Waals surface area contributed by atoms with E-state index in [0.29, 0.717) is 13.2 Å². The van der Waals surface area contributed by atoms with Gasteiger partial charge in [0.25, 0.3) is 0 Å². The number of rotatable bonds is 6. The number of methoxy groups -OCH3 is 1. The third kappa shape index (κ3) is 4.11. The van der Waals surface area contributed by atoms with Gasteiger partial charge in [-0.1, -0.05) is 18.2 Å². The molecule has 4 nitrogen and oxygen atoms in total. The number of ether oxygens (including phenoxy) is 3. The molecule has 1 aromatic carbocycles. The molecule has 0 amide bonds. The van der Waals surface area contributed by atoms with Crippen LogP contribution in [0.15, 0.2) is 24.3 Å².